The minimum absolute atomic E-state index is 0. The van der Waals surface area contributed by atoms with Gasteiger partial charge < -0.3 is 20.0 Å². The van der Waals surface area contributed by atoms with E-state index in [1.165, 1.54) is 0 Å². The molecule has 24 heavy (non-hydrogen) atoms. The summed E-state index contributed by atoms with van der Waals surface area (Å²) in [4.78, 5) is 22.5. The number of guanidine groups is 1. The minimum Gasteiger partial charge on any atom is -0.444 e. The number of hydrogen-bond donors (Lipinski definition) is 2. The third-order valence-electron chi connectivity index (χ3n) is 3.54. The highest BCUT2D eigenvalue weighted by Gasteiger charge is 2.09. The molecule has 0 aliphatic heterocycles. The highest BCUT2D eigenvalue weighted by molar-refractivity contribution is 14.0. The lowest BCUT2D eigenvalue weighted by molar-refractivity contribution is -0.130. The SMILES string of the molecule is CCNC(=NCc1nc(C)c(C)o1)NCCC(=O)N(CC)CC.I. The molecule has 0 aromatic carbocycles. The van der Waals surface area contributed by atoms with Gasteiger partial charge in [-0.1, -0.05) is 0 Å². The van der Waals surface area contributed by atoms with E-state index >= 15 is 0 Å². The van der Waals surface area contributed by atoms with Crippen molar-refractivity contribution in [1.82, 2.24) is 20.5 Å². The molecule has 0 aliphatic carbocycles. The van der Waals surface area contributed by atoms with E-state index in [0.717, 1.165) is 31.1 Å². The number of aromatic nitrogens is 1. The van der Waals surface area contributed by atoms with E-state index in [0.29, 0.717) is 31.4 Å². The largest absolute Gasteiger partial charge is 0.444 e. The van der Waals surface area contributed by atoms with Crippen LogP contribution in [-0.4, -0.2) is 47.9 Å². The molecule has 2 N–H and O–H groups in total. The quantitative estimate of drug-likeness (QED) is 0.360. The molecule has 1 rings (SSSR count). The maximum Gasteiger partial charge on any atom is 0.224 e. The Morgan fingerprint density at radius 3 is 2.38 bits per heavy atom. The average molecular weight is 451 g/mol. The molecule has 1 amide bonds. The van der Waals surface area contributed by atoms with Crippen molar-refractivity contribution in [2.45, 2.75) is 47.6 Å². The number of halogens is 1. The molecule has 0 atom stereocenters. The summed E-state index contributed by atoms with van der Waals surface area (Å²) < 4.78 is 5.51. The third-order valence-corrected chi connectivity index (χ3v) is 3.54. The van der Waals surface area contributed by atoms with Gasteiger partial charge in [-0.2, -0.15) is 0 Å². The van der Waals surface area contributed by atoms with E-state index in [1.54, 1.807) is 0 Å². The molecule has 0 aliphatic rings. The van der Waals surface area contributed by atoms with Crippen molar-refractivity contribution in [3.8, 4) is 0 Å². The topological polar surface area (TPSA) is 82.8 Å². The van der Waals surface area contributed by atoms with Crippen molar-refractivity contribution in [1.29, 1.82) is 0 Å². The first-order valence-electron chi connectivity index (χ1n) is 8.24. The smallest absolute Gasteiger partial charge is 0.224 e. The van der Waals surface area contributed by atoms with E-state index < -0.39 is 0 Å². The van der Waals surface area contributed by atoms with Crippen molar-refractivity contribution < 1.29 is 9.21 Å². The predicted octanol–water partition coefficient (Wildman–Crippen LogP) is 2.22. The van der Waals surface area contributed by atoms with E-state index in [9.17, 15) is 4.79 Å². The van der Waals surface area contributed by atoms with Crippen molar-refractivity contribution in [3.63, 3.8) is 0 Å². The van der Waals surface area contributed by atoms with Crippen LogP contribution in [-0.2, 0) is 11.3 Å². The second-order valence-corrected chi connectivity index (χ2v) is 5.19. The highest BCUT2D eigenvalue weighted by Crippen LogP contribution is 2.08. The Morgan fingerprint density at radius 2 is 1.88 bits per heavy atom. The lowest BCUT2D eigenvalue weighted by Crippen LogP contribution is -2.40. The van der Waals surface area contributed by atoms with Crippen LogP contribution >= 0.6 is 24.0 Å². The molecular weight excluding hydrogens is 421 g/mol. The number of nitrogens with one attached hydrogen (secondary N) is 2. The molecule has 1 aromatic rings. The zero-order chi connectivity index (χ0) is 17.2. The lowest BCUT2D eigenvalue weighted by atomic mass is 10.3. The van der Waals surface area contributed by atoms with Crippen LogP contribution in [0.2, 0.25) is 0 Å². The summed E-state index contributed by atoms with van der Waals surface area (Å²) in [6, 6.07) is 0. The average Bonchev–Trinajstić information content (AvgIpc) is 2.84. The molecule has 0 saturated carbocycles. The van der Waals surface area contributed by atoms with Crippen LogP contribution in [0.25, 0.3) is 0 Å². The van der Waals surface area contributed by atoms with Crippen LogP contribution in [0.15, 0.2) is 9.41 Å². The molecule has 138 valence electrons. The summed E-state index contributed by atoms with van der Waals surface area (Å²) in [7, 11) is 0. The molecular formula is C16H30IN5O2. The zero-order valence-electron chi connectivity index (χ0n) is 15.3. The van der Waals surface area contributed by atoms with Crippen LogP contribution in [0.3, 0.4) is 0 Å². The van der Waals surface area contributed by atoms with Gasteiger partial charge in [0.2, 0.25) is 11.8 Å². The van der Waals surface area contributed by atoms with Gasteiger partial charge in [0, 0.05) is 32.6 Å². The number of oxazole rings is 1. The monoisotopic (exact) mass is 451 g/mol. The summed E-state index contributed by atoms with van der Waals surface area (Å²) in [5, 5.41) is 6.32. The zero-order valence-corrected chi connectivity index (χ0v) is 17.6. The Hall–Kier alpha value is -1.32. The Balaban J connectivity index is 0.00000529. The maximum absolute atomic E-state index is 12.0. The fourth-order valence-electron chi connectivity index (χ4n) is 2.12. The molecule has 0 unspecified atom stereocenters. The summed E-state index contributed by atoms with van der Waals surface area (Å²) in [6.45, 7) is 12.9. The van der Waals surface area contributed by atoms with Gasteiger partial charge in [-0.25, -0.2) is 9.98 Å². The molecule has 0 radical (unpaired) electrons. The molecule has 0 spiro atoms. The van der Waals surface area contributed by atoms with Gasteiger partial charge in [-0.05, 0) is 34.6 Å². The Morgan fingerprint density at radius 1 is 1.21 bits per heavy atom. The maximum atomic E-state index is 12.0. The number of hydrogen-bond acceptors (Lipinski definition) is 4. The van der Waals surface area contributed by atoms with Gasteiger partial charge in [0.1, 0.15) is 12.3 Å². The number of aryl methyl sites for hydroxylation is 2. The molecule has 8 heteroatoms. The second-order valence-electron chi connectivity index (χ2n) is 5.19. The first-order chi connectivity index (χ1) is 11.0. The molecule has 1 heterocycles. The molecule has 0 fully saturated rings. The van der Waals surface area contributed by atoms with E-state index in [4.69, 9.17) is 4.42 Å². The summed E-state index contributed by atoms with van der Waals surface area (Å²) in [5.74, 6) is 2.22. The first kappa shape index (κ1) is 22.7. The Labute approximate surface area is 161 Å². The van der Waals surface area contributed by atoms with Crippen molar-refractivity contribution >= 4 is 35.8 Å². The van der Waals surface area contributed by atoms with Gasteiger partial charge in [0.15, 0.2) is 5.96 Å². The van der Waals surface area contributed by atoms with Crippen molar-refractivity contribution in [2.24, 2.45) is 4.99 Å². The van der Waals surface area contributed by atoms with Crippen molar-refractivity contribution in [2.75, 3.05) is 26.2 Å². The van der Waals surface area contributed by atoms with Gasteiger partial charge in [-0.15, -0.1) is 24.0 Å². The third kappa shape index (κ3) is 7.50. The van der Waals surface area contributed by atoms with Gasteiger partial charge in [0.05, 0.1) is 5.69 Å². The van der Waals surface area contributed by atoms with Crippen LogP contribution in [0.1, 0.15) is 44.5 Å². The lowest BCUT2D eigenvalue weighted by Gasteiger charge is -2.19. The minimum atomic E-state index is 0. The molecule has 1 aromatic heterocycles. The van der Waals surface area contributed by atoms with Crippen LogP contribution in [0.5, 0.6) is 0 Å². The fraction of sp³-hybridized carbons (Fsp3) is 0.688. The number of amides is 1. The van der Waals surface area contributed by atoms with Crippen LogP contribution in [0, 0.1) is 13.8 Å². The van der Waals surface area contributed by atoms with E-state index in [-0.39, 0.29) is 29.9 Å². The molecule has 0 bridgehead atoms. The number of carbonyl (C=O) groups excluding carboxylic acids is 1. The standard InChI is InChI=1S/C16H29N5O2.HI/c1-6-17-16(18-10-9-15(22)21(7-2)8-3)19-11-14-20-12(4)13(5)23-14;/h6-11H2,1-5H3,(H2,17,18,19);1H. The Kier molecular flexibility index (Phi) is 11.4. The second kappa shape index (κ2) is 12.1. The van der Waals surface area contributed by atoms with E-state index in [2.05, 4.69) is 20.6 Å². The summed E-state index contributed by atoms with van der Waals surface area (Å²) >= 11 is 0. The predicted molar refractivity (Wildman–Crippen MR) is 107 cm³/mol. The van der Waals surface area contributed by atoms with Gasteiger partial charge in [-0.3, -0.25) is 4.79 Å². The fourth-order valence-corrected chi connectivity index (χ4v) is 2.12. The van der Waals surface area contributed by atoms with E-state index in [1.807, 2.05) is 39.5 Å². The summed E-state index contributed by atoms with van der Waals surface area (Å²) in [5.41, 5.74) is 0.887. The van der Waals surface area contributed by atoms with Gasteiger partial charge >= 0.3 is 0 Å². The number of carbonyl (C=O) groups is 1. The Bertz CT molecular complexity index is 507. The van der Waals surface area contributed by atoms with Crippen LogP contribution < -0.4 is 10.6 Å². The highest BCUT2D eigenvalue weighted by atomic mass is 127. The van der Waals surface area contributed by atoms with Crippen LogP contribution in [0.4, 0.5) is 0 Å². The summed E-state index contributed by atoms with van der Waals surface area (Å²) in [6.07, 6.45) is 0.448. The van der Waals surface area contributed by atoms with Gasteiger partial charge in [0.25, 0.3) is 0 Å². The normalized spacial score (nSPS) is 11.0. The number of nitrogens with zero attached hydrogens (tertiary/aromatic N) is 3. The number of rotatable bonds is 8. The first-order valence-corrected chi connectivity index (χ1v) is 8.24. The molecule has 0 saturated heterocycles. The number of aliphatic imine (C=N–C) groups is 1. The van der Waals surface area contributed by atoms with Crippen molar-refractivity contribution in [3.05, 3.63) is 17.3 Å². The molecule has 7 nitrogen and oxygen atoms in total.